The van der Waals surface area contributed by atoms with Gasteiger partial charge in [-0.3, -0.25) is 0 Å². The van der Waals surface area contributed by atoms with Gasteiger partial charge in [0.25, 0.3) is 0 Å². The first-order valence-electron chi connectivity index (χ1n) is 3.42. The van der Waals surface area contributed by atoms with Gasteiger partial charge >= 0.3 is 0 Å². The van der Waals surface area contributed by atoms with E-state index in [1.54, 1.807) is 12.3 Å². The van der Waals surface area contributed by atoms with Crippen molar-refractivity contribution < 1.29 is 4.39 Å². The van der Waals surface area contributed by atoms with Crippen LogP contribution in [0.4, 0.5) is 4.39 Å². The Kier molecular flexibility index (Phi) is 1.50. The van der Waals surface area contributed by atoms with E-state index in [-0.39, 0.29) is 0 Å². The summed E-state index contributed by atoms with van der Waals surface area (Å²) in [6.07, 6.45) is 3.95. The van der Waals surface area contributed by atoms with Crippen molar-refractivity contribution in [2.75, 3.05) is 0 Å². The molecule has 0 saturated heterocycles. The zero-order chi connectivity index (χ0) is 7.84. The first kappa shape index (κ1) is 6.92. The van der Waals surface area contributed by atoms with Gasteiger partial charge in [0.15, 0.2) is 0 Å². The lowest BCUT2D eigenvalue weighted by atomic mass is 10.1. The molecule has 11 heavy (non-hydrogen) atoms. The van der Waals surface area contributed by atoms with E-state index in [1.807, 2.05) is 6.07 Å². The molecule has 1 N–H and O–H groups in total. The summed E-state index contributed by atoms with van der Waals surface area (Å²) in [5.74, 6) is 0. The molecule has 0 fully saturated rings. The van der Waals surface area contributed by atoms with E-state index < -0.39 is 11.5 Å². The van der Waals surface area contributed by atoms with E-state index in [0.29, 0.717) is 0 Å². The molecule has 0 saturated carbocycles. The number of aromatic amines is 1. The van der Waals surface area contributed by atoms with E-state index in [0.717, 1.165) is 10.6 Å². The van der Waals surface area contributed by atoms with Crippen LogP contribution in [0.3, 0.4) is 0 Å². The van der Waals surface area contributed by atoms with E-state index in [2.05, 4.69) is 4.98 Å². The average molecular weight is 172 g/mol. The van der Waals surface area contributed by atoms with Gasteiger partial charge in [0.2, 0.25) is 0 Å². The monoisotopic (exact) mass is 171 g/mol. The highest BCUT2D eigenvalue weighted by atomic mass is 35.5. The third kappa shape index (κ3) is 1.07. The summed E-state index contributed by atoms with van der Waals surface area (Å²) in [7, 11) is 0. The summed E-state index contributed by atoms with van der Waals surface area (Å²) in [6, 6.07) is 1.83. The molecule has 0 bridgehead atoms. The van der Waals surface area contributed by atoms with Gasteiger partial charge in [0, 0.05) is 11.5 Å². The maximum atomic E-state index is 12.9. The van der Waals surface area contributed by atoms with Gasteiger partial charge in [0.05, 0.1) is 5.38 Å². The zero-order valence-corrected chi connectivity index (χ0v) is 6.48. The molecule has 2 unspecified atom stereocenters. The van der Waals surface area contributed by atoms with Gasteiger partial charge in [-0.2, -0.15) is 0 Å². The predicted molar refractivity (Wildman–Crippen MR) is 43.5 cm³/mol. The molecule has 0 aromatic carbocycles. The smallest absolute Gasteiger partial charge is 0.139 e. The first-order chi connectivity index (χ1) is 5.27. The van der Waals surface area contributed by atoms with Crippen LogP contribution in [-0.2, 0) is 0 Å². The molecule has 1 aromatic heterocycles. The van der Waals surface area contributed by atoms with Crippen molar-refractivity contribution in [3.8, 4) is 0 Å². The number of fused-ring (bicyclic) bond motifs is 1. The second kappa shape index (κ2) is 2.38. The van der Waals surface area contributed by atoms with E-state index in [9.17, 15) is 4.39 Å². The van der Waals surface area contributed by atoms with Crippen LogP contribution in [0, 0.1) is 0 Å². The number of H-pyrrole nitrogens is 1. The lowest BCUT2D eigenvalue weighted by molar-refractivity contribution is 0.431. The SMILES string of the molecule is FC1C=c2cc[nH]c2=CC1Cl. The molecule has 2 atom stereocenters. The molecule has 1 aromatic rings. The number of hydrogen-bond donors (Lipinski definition) is 1. The summed E-state index contributed by atoms with van der Waals surface area (Å²) in [5.41, 5.74) is 0. The van der Waals surface area contributed by atoms with E-state index in [4.69, 9.17) is 11.6 Å². The number of rotatable bonds is 0. The van der Waals surface area contributed by atoms with Gasteiger partial charge in [-0.25, -0.2) is 4.39 Å². The summed E-state index contributed by atoms with van der Waals surface area (Å²) >= 11 is 5.67. The van der Waals surface area contributed by atoms with Crippen LogP contribution in [0.15, 0.2) is 12.3 Å². The second-order valence-electron chi connectivity index (χ2n) is 2.57. The van der Waals surface area contributed by atoms with Crippen molar-refractivity contribution in [2.45, 2.75) is 11.5 Å². The molecule has 1 aliphatic carbocycles. The minimum atomic E-state index is -1.06. The largest absolute Gasteiger partial charge is 0.361 e. The average Bonchev–Trinajstić information content (AvgIpc) is 2.36. The van der Waals surface area contributed by atoms with Gasteiger partial charge in [-0.05, 0) is 23.4 Å². The van der Waals surface area contributed by atoms with Crippen LogP contribution in [0.5, 0.6) is 0 Å². The highest BCUT2D eigenvalue weighted by Crippen LogP contribution is 2.11. The molecule has 0 aliphatic heterocycles. The summed E-state index contributed by atoms with van der Waals surface area (Å²) < 4.78 is 12.9. The summed E-state index contributed by atoms with van der Waals surface area (Å²) in [5, 5.41) is 1.29. The Hall–Kier alpha value is -0.760. The van der Waals surface area contributed by atoms with Gasteiger partial charge in [-0.15, -0.1) is 11.6 Å². The lowest BCUT2D eigenvalue weighted by Crippen LogP contribution is -2.32. The normalized spacial score (nSPS) is 28.5. The molecular formula is C8H7ClFN. The molecular weight excluding hydrogens is 165 g/mol. The highest BCUT2D eigenvalue weighted by molar-refractivity contribution is 6.24. The van der Waals surface area contributed by atoms with Crippen LogP contribution >= 0.6 is 11.6 Å². The number of alkyl halides is 2. The molecule has 0 amide bonds. The third-order valence-electron chi connectivity index (χ3n) is 1.78. The fourth-order valence-corrected chi connectivity index (χ4v) is 1.40. The van der Waals surface area contributed by atoms with Crippen molar-refractivity contribution in [2.24, 2.45) is 0 Å². The summed E-state index contributed by atoms with van der Waals surface area (Å²) in [4.78, 5) is 2.97. The van der Waals surface area contributed by atoms with Gasteiger partial charge in [0.1, 0.15) is 6.17 Å². The molecule has 58 valence electrons. The van der Waals surface area contributed by atoms with Crippen LogP contribution in [-0.4, -0.2) is 16.5 Å². The second-order valence-corrected chi connectivity index (χ2v) is 3.07. The molecule has 0 spiro atoms. The van der Waals surface area contributed by atoms with E-state index >= 15 is 0 Å². The first-order valence-corrected chi connectivity index (χ1v) is 3.86. The molecule has 1 aliphatic rings. The lowest BCUT2D eigenvalue weighted by Gasteiger charge is -2.08. The molecule has 2 rings (SSSR count). The topological polar surface area (TPSA) is 15.8 Å². The number of aromatic nitrogens is 1. The fourth-order valence-electron chi connectivity index (χ4n) is 1.20. The molecule has 1 heterocycles. The van der Waals surface area contributed by atoms with Crippen LogP contribution in [0.1, 0.15) is 0 Å². The maximum Gasteiger partial charge on any atom is 0.139 e. The maximum absolute atomic E-state index is 12.9. The number of hydrogen-bond acceptors (Lipinski definition) is 0. The molecule has 3 heteroatoms. The predicted octanol–water partition coefficient (Wildman–Crippen LogP) is 0.535. The van der Waals surface area contributed by atoms with Crippen molar-refractivity contribution in [3.05, 3.63) is 22.8 Å². The third-order valence-corrected chi connectivity index (χ3v) is 2.15. The zero-order valence-electron chi connectivity index (χ0n) is 5.72. The van der Waals surface area contributed by atoms with E-state index in [1.165, 1.54) is 6.08 Å². The Morgan fingerprint density at radius 3 is 3.09 bits per heavy atom. The standard InChI is InChI=1S/C8H7ClFN/c9-6-4-8-5(1-2-11-8)3-7(6)10/h1-4,6-7,11H. The van der Waals surface area contributed by atoms with Crippen molar-refractivity contribution >= 4 is 23.8 Å². The fraction of sp³-hybridized carbons (Fsp3) is 0.250. The van der Waals surface area contributed by atoms with Crippen LogP contribution in [0.2, 0.25) is 0 Å². The van der Waals surface area contributed by atoms with Gasteiger partial charge in [-0.1, -0.05) is 0 Å². The van der Waals surface area contributed by atoms with Gasteiger partial charge < -0.3 is 4.98 Å². The minimum Gasteiger partial charge on any atom is -0.361 e. The Morgan fingerprint density at radius 1 is 1.45 bits per heavy atom. The molecule has 1 nitrogen and oxygen atoms in total. The number of nitrogens with one attached hydrogen (secondary N) is 1. The molecule has 0 radical (unpaired) electrons. The number of halogens is 2. The Bertz CT molecular complexity index is 333. The van der Waals surface area contributed by atoms with Crippen LogP contribution in [0.25, 0.3) is 12.2 Å². The Labute approximate surface area is 68.2 Å². The van der Waals surface area contributed by atoms with Crippen molar-refractivity contribution in [1.82, 2.24) is 4.98 Å². The van der Waals surface area contributed by atoms with Crippen molar-refractivity contribution in [1.29, 1.82) is 0 Å². The van der Waals surface area contributed by atoms with Crippen LogP contribution < -0.4 is 10.6 Å². The highest BCUT2D eigenvalue weighted by Gasteiger charge is 2.16. The van der Waals surface area contributed by atoms with Crippen molar-refractivity contribution in [3.63, 3.8) is 0 Å². The minimum absolute atomic E-state index is 0.527. The quantitative estimate of drug-likeness (QED) is 0.549. The Morgan fingerprint density at radius 2 is 2.27 bits per heavy atom. The summed E-state index contributed by atoms with van der Waals surface area (Å²) in [6.45, 7) is 0. The Balaban J connectivity index is 2.69.